The lowest BCUT2D eigenvalue weighted by Crippen LogP contribution is -2.52. The second-order valence-corrected chi connectivity index (χ2v) is 12.3. The molecule has 0 aromatic carbocycles. The Morgan fingerprint density at radius 2 is 1.94 bits per heavy atom. The van der Waals surface area contributed by atoms with Gasteiger partial charge in [0.2, 0.25) is 0 Å². The summed E-state index contributed by atoms with van der Waals surface area (Å²) in [4.78, 5) is 0. The van der Waals surface area contributed by atoms with Gasteiger partial charge in [0, 0.05) is 19.9 Å². The highest BCUT2D eigenvalue weighted by Gasteiger charge is 2.58. The van der Waals surface area contributed by atoms with E-state index in [0.29, 0.717) is 17.9 Å². The largest absolute Gasteiger partial charge is 0.387 e. The molecule has 0 saturated heterocycles. The maximum atomic E-state index is 11.0. The number of fused-ring (bicyclic) bond motifs is 5. The van der Waals surface area contributed by atoms with Crippen molar-refractivity contribution in [1.29, 1.82) is 0 Å². The molecule has 0 unspecified atom stereocenters. The molecule has 0 spiro atoms. The summed E-state index contributed by atoms with van der Waals surface area (Å²) >= 11 is 0. The van der Waals surface area contributed by atoms with Gasteiger partial charge < -0.3 is 9.84 Å². The molecule has 4 aliphatic rings. The van der Waals surface area contributed by atoms with Gasteiger partial charge in [-0.3, -0.25) is 4.68 Å². The van der Waals surface area contributed by atoms with Gasteiger partial charge in [0.1, 0.15) is 0 Å². The minimum atomic E-state index is -0.565. The first-order chi connectivity index (χ1) is 14.8. The van der Waals surface area contributed by atoms with Crippen molar-refractivity contribution < 1.29 is 9.84 Å². The van der Waals surface area contributed by atoms with Gasteiger partial charge >= 0.3 is 0 Å². The van der Waals surface area contributed by atoms with Crippen LogP contribution in [0, 0.1) is 53.8 Å². The van der Waals surface area contributed by atoms with E-state index in [4.69, 9.17) is 4.74 Å². The summed E-state index contributed by atoms with van der Waals surface area (Å²) in [6.07, 6.45) is 15.7. The van der Waals surface area contributed by atoms with Crippen LogP contribution in [0.1, 0.15) is 77.2 Å². The predicted molar refractivity (Wildman–Crippen MR) is 124 cm³/mol. The number of aromatic nitrogens is 2. The molecule has 9 atom stereocenters. The summed E-state index contributed by atoms with van der Waals surface area (Å²) in [5.74, 6) is 5.85. The highest BCUT2D eigenvalue weighted by molar-refractivity contribution is 5.08. The van der Waals surface area contributed by atoms with Gasteiger partial charge in [0.05, 0.1) is 18.4 Å². The van der Waals surface area contributed by atoms with E-state index in [9.17, 15) is 5.11 Å². The Labute approximate surface area is 189 Å². The number of rotatable bonds is 5. The van der Waals surface area contributed by atoms with E-state index in [2.05, 4.69) is 36.7 Å². The molecule has 1 heterocycles. The van der Waals surface area contributed by atoms with E-state index in [-0.39, 0.29) is 0 Å². The topological polar surface area (TPSA) is 47.3 Å². The lowest BCUT2D eigenvalue weighted by molar-refractivity contribution is -0.126. The number of aliphatic hydroxyl groups is 1. The summed E-state index contributed by atoms with van der Waals surface area (Å²) in [7, 11) is 1.73. The summed E-state index contributed by atoms with van der Waals surface area (Å²) < 4.78 is 7.54. The number of aryl methyl sites for hydroxylation is 1. The molecule has 4 heteroatoms. The summed E-state index contributed by atoms with van der Waals surface area (Å²) in [5.41, 5.74) is 1.22. The Kier molecular flexibility index (Phi) is 5.78. The van der Waals surface area contributed by atoms with Crippen LogP contribution in [-0.4, -0.2) is 34.2 Å². The van der Waals surface area contributed by atoms with Crippen LogP contribution in [0.15, 0.2) is 12.4 Å². The maximum absolute atomic E-state index is 11.0. The van der Waals surface area contributed by atoms with Crippen molar-refractivity contribution in [1.82, 2.24) is 9.78 Å². The minimum absolute atomic E-state index is 0.514. The average molecular weight is 429 g/mol. The fourth-order valence-corrected chi connectivity index (χ4v) is 9.33. The van der Waals surface area contributed by atoms with Gasteiger partial charge in [-0.15, -0.1) is 0 Å². The molecule has 5 rings (SSSR count). The molecule has 4 saturated carbocycles. The first-order valence-corrected chi connectivity index (χ1v) is 13.0. The fraction of sp³-hybridized carbons (Fsp3) is 0.889. The van der Waals surface area contributed by atoms with E-state index in [1.165, 1.54) is 50.5 Å². The molecule has 174 valence electrons. The van der Waals surface area contributed by atoms with Crippen molar-refractivity contribution in [3.05, 3.63) is 18.0 Å². The third kappa shape index (κ3) is 3.80. The SMILES string of the molecule is COC[C@@]1(O)CC[C@H]2[C@H](CC[C@@H]3[C@@H]2CC[C@]2(C)[C@@H]([C@H](C)Cn4cc(C)cn4)CC[C@@H]32)C1. The van der Waals surface area contributed by atoms with Gasteiger partial charge in [0.15, 0.2) is 0 Å². The standard InChI is InChI=1S/C27H44N2O2/c1-18-14-28-29(15-18)16-19(2)24-7-8-25-23-6-5-20-13-27(30,17-31-4)12-10-21(20)22(23)9-11-26(24,25)3/h14-15,19-25,30H,5-13,16-17H2,1-4H3/t19-,20-,21+,22-,23-,24-,25+,26-,27-/m1/s1. The van der Waals surface area contributed by atoms with E-state index < -0.39 is 5.60 Å². The van der Waals surface area contributed by atoms with Gasteiger partial charge in [-0.05, 0) is 117 Å². The highest BCUT2D eigenvalue weighted by Crippen LogP contribution is 2.65. The summed E-state index contributed by atoms with van der Waals surface area (Å²) in [6, 6.07) is 0. The van der Waals surface area contributed by atoms with Crippen LogP contribution >= 0.6 is 0 Å². The predicted octanol–water partition coefficient (Wildman–Crippen LogP) is 5.47. The second-order valence-electron chi connectivity index (χ2n) is 12.3. The van der Waals surface area contributed by atoms with E-state index in [1.807, 2.05) is 6.20 Å². The molecule has 4 aliphatic carbocycles. The quantitative estimate of drug-likeness (QED) is 0.676. The number of nitrogens with zero attached hydrogens (tertiary/aromatic N) is 2. The van der Waals surface area contributed by atoms with Crippen molar-refractivity contribution in [2.45, 2.75) is 90.7 Å². The summed E-state index contributed by atoms with van der Waals surface area (Å²) in [5, 5.41) is 15.6. The smallest absolute Gasteiger partial charge is 0.0882 e. The first kappa shape index (κ1) is 21.9. The monoisotopic (exact) mass is 428 g/mol. The second kappa shape index (κ2) is 8.17. The van der Waals surface area contributed by atoms with E-state index in [0.717, 1.165) is 54.9 Å². The zero-order valence-electron chi connectivity index (χ0n) is 20.2. The van der Waals surface area contributed by atoms with E-state index >= 15 is 0 Å². The Balaban J connectivity index is 1.28. The first-order valence-electron chi connectivity index (χ1n) is 13.0. The number of ether oxygens (including phenoxy) is 1. The number of methoxy groups -OCH3 is 1. The van der Waals surface area contributed by atoms with Crippen LogP contribution in [0.3, 0.4) is 0 Å². The molecule has 0 amide bonds. The normalized spacial score (nSPS) is 45.6. The Hall–Kier alpha value is -0.870. The lowest BCUT2D eigenvalue weighted by atomic mass is 9.48. The molecule has 0 bridgehead atoms. The molecule has 4 nitrogen and oxygen atoms in total. The van der Waals surface area contributed by atoms with Gasteiger partial charge in [-0.2, -0.15) is 5.10 Å². The van der Waals surface area contributed by atoms with Gasteiger partial charge in [-0.25, -0.2) is 0 Å². The maximum Gasteiger partial charge on any atom is 0.0882 e. The number of hydrogen-bond donors (Lipinski definition) is 1. The van der Waals surface area contributed by atoms with Crippen LogP contribution in [0.5, 0.6) is 0 Å². The summed E-state index contributed by atoms with van der Waals surface area (Å²) in [6.45, 7) is 8.86. The molecule has 31 heavy (non-hydrogen) atoms. The highest BCUT2D eigenvalue weighted by atomic mass is 16.5. The molecular weight excluding hydrogens is 384 g/mol. The van der Waals surface area contributed by atoms with Crippen molar-refractivity contribution in [2.24, 2.45) is 46.8 Å². The lowest BCUT2D eigenvalue weighted by Gasteiger charge is -2.57. The van der Waals surface area contributed by atoms with Crippen molar-refractivity contribution in [2.75, 3.05) is 13.7 Å². The molecule has 1 aromatic rings. The Bertz CT molecular complexity index is 777. The molecule has 1 N–H and O–H groups in total. The van der Waals surface area contributed by atoms with Crippen molar-refractivity contribution in [3.63, 3.8) is 0 Å². The zero-order chi connectivity index (χ0) is 21.8. The molecule has 1 aromatic heterocycles. The van der Waals surface area contributed by atoms with Crippen molar-refractivity contribution >= 4 is 0 Å². The molecule has 0 radical (unpaired) electrons. The fourth-order valence-electron chi connectivity index (χ4n) is 9.33. The molecular formula is C27H44N2O2. The van der Waals surface area contributed by atoms with Crippen LogP contribution in [0.2, 0.25) is 0 Å². The van der Waals surface area contributed by atoms with Crippen LogP contribution < -0.4 is 0 Å². The van der Waals surface area contributed by atoms with Gasteiger partial charge in [-0.1, -0.05) is 13.8 Å². The third-order valence-electron chi connectivity index (χ3n) is 10.5. The van der Waals surface area contributed by atoms with Crippen LogP contribution in [0.25, 0.3) is 0 Å². The molecule has 4 fully saturated rings. The van der Waals surface area contributed by atoms with Crippen LogP contribution in [0.4, 0.5) is 0 Å². The third-order valence-corrected chi connectivity index (χ3v) is 10.5. The molecule has 0 aliphatic heterocycles. The minimum Gasteiger partial charge on any atom is -0.387 e. The average Bonchev–Trinajstić information content (AvgIpc) is 3.29. The van der Waals surface area contributed by atoms with Crippen molar-refractivity contribution in [3.8, 4) is 0 Å². The zero-order valence-corrected chi connectivity index (χ0v) is 20.2. The van der Waals surface area contributed by atoms with Crippen LogP contribution in [-0.2, 0) is 11.3 Å². The van der Waals surface area contributed by atoms with E-state index in [1.54, 1.807) is 7.11 Å². The Morgan fingerprint density at radius 3 is 2.68 bits per heavy atom. The van der Waals surface area contributed by atoms with Gasteiger partial charge in [0.25, 0.3) is 0 Å². The Morgan fingerprint density at radius 1 is 1.13 bits per heavy atom. The number of hydrogen-bond acceptors (Lipinski definition) is 3.